The second kappa shape index (κ2) is 5.04. The van der Waals surface area contributed by atoms with Crippen molar-refractivity contribution >= 4 is 5.69 Å². The minimum Gasteiger partial charge on any atom is -0.467 e. The molecule has 2 rings (SSSR count). The second-order valence-corrected chi connectivity index (χ2v) is 4.08. The third-order valence-electron chi connectivity index (χ3n) is 2.82. The molecular weight excluding hydrogens is 217 g/mol. The van der Waals surface area contributed by atoms with Crippen LogP contribution in [0.2, 0.25) is 0 Å². The molecular formula is C14H16FNO. The zero-order chi connectivity index (χ0) is 12.3. The molecule has 2 aromatic rings. The van der Waals surface area contributed by atoms with E-state index in [0.717, 1.165) is 23.4 Å². The summed E-state index contributed by atoms with van der Waals surface area (Å²) in [7, 11) is 0. The highest BCUT2D eigenvalue weighted by Crippen LogP contribution is 2.25. The quantitative estimate of drug-likeness (QED) is 0.852. The molecule has 0 amide bonds. The minimum atomic E-state index is -0.229. The first-order valence-electron chi connectivity index (χ1n) is 5.76. The van der Waals surface area contributed by atoms with Gasteiger partial charge in [0.25, 0.3) is 0 Å². The SMILES string of the molecule is CCC(Nc1cc(F)ccc1C)c1ccco1. The first-order chi connectivity index (χ1) is 8.20. The van der Waals surface area contributed by atoms with Crippen molar-refractivity contribution in [2.24, 2.45) is 0 Å². The molecule has 0 saturated heterocycles. The Morgan fingerprint density at radius 1 is 1.35 bits per heavy atom. The normalized spacial score (nSPS) is 12.4. The van der Waals surface area contributed by atoms with Gasteiger partial charge in [-0.3, -0.25) is 0 Å². The fourth-order valence-corrected chi connectivity index (χ4v) is 1.80. The number of nitrogens with one attached hydrogen (secondary N) is 1. The summed E-state index contributed by atoms with van der Waals surface area (Å²) >= 11 is 0. The Hall–Kier alpha value is -1.77. The maximum Gasteiger partial charge on any atom is 0.125 e. The second-order valence-electron chi connectivity index (χ2n) is 4.08. The lowest BCUT2D eigenvalue weighted by molar-refractivity contribution is 0.473. The van der Waals surface area contributed by atoms with E-state index in [0.29, 0.717) is 0 Å². The first-order valence-corrected chi connectivity index (χ1v) is 5.76. The van der Waals surface area contributed by atoms with E-state index in [1.807, 2.05) is 19.1 Å². The fourth-order valence-electron chi connectivity index (χ4n) is 1.80. The first kappa shape index (κ1) is 11.7. The molecule has 0 spiro atoms. The topological polar surface area (TPSA) is 25.2 Å². The van der Waals surface area contributed by atoms with E-state index in [1.54, 1.807) is 12.3 Å². The summed E-state index contributed by atoms with van der Waals surface area (Å²) in [6.45, 7) is 4.02. The third kappa shape index (κ3) is 2.67. The molecule has 1 unspecified atom stereocenters. The van der Waals surface area contributed by atoms with E-state index in [1.165, 1.54) is 12.1 Å². The number of furan rings is 1. The summed E-state index contributed by atoms with van der Waals surface area (Å²) < 4.78 is 18.6. The Kier molecular flexibility index (Phi) is 3.47. The maximum absolute atomic E-state index is 13.2. The smallest absolute Gasteiger partial charge is 0.125 e. The van der Waals surface area contributed by atoms with Crippen LogP contribution in [-0.4, -0.2) is 0 Å². The van der Waals surface area contributed by atoms with Gasteiger partial charge >= 0.3 is 0 Å². The maximum atomic E-state index is 13.2. The van der Waals surface area contributed by atoms with Crippen molar-refractivity contribution < 1.29 is 8.81 Å². The van der Waals surface area contributed by atoms with Crippen LogP contribution in [0.1, 0.15) is 30.7 Å². The van der Waals surface area contributed by atoms with E-state index in [-0.39, 0.29) is 11.9 Å². The van der Waals surface area contributed by atoms with E-state index in [4.69, 9.17) is 4.42 Å². The Labute approximate surface area is 100 Å². The molecule has 0 aliphatic carbocycles. The van der Waals surface area contributed by atoms with Gasteiger partial charge < -0.3 is 9.73 Å². The van der Waals surface area contributed by atoms with E-state index in [9.17, 15) is 4.39 Å². The number of hydrogen-bond donors (Lipinski definition) is 1. The Morgan fingerprint density at radius 2 is 2.18 bits per heavy atom. The van der Waals surface area contributed by atoms with Crippen molar-refractivity contribution in [1.29, 1.82) is 0 Å². The van der Waals surface area contributed by atoms with Crippen LogP contribution in [0.3, 0.4) is 0 Å². The lowest BCUT2D eigenvalue weighted by atomic mass is 10.1. The van der Waals surface area contributed by atoms with Crippen LogP contribution in [0.15, 0.2) is 41.0 Å². The molecule has 2 nitrogen and oxygen atoms in total. The Morgan fingerprint density at radius 3 is 2.82 bits per heavy atom. The van der Waals surface area contributed by atoms with Gasteiger partial charge in [-0.15, -0.1) is 0 Å². The van der Waals surface area contributed by atoms with Gasteiger partial charge in [-0.1, -0.05) is 13.0 Å². The van der Waals surface area contributed by atoms with Crippen LogP contribution in [0.4, 0.5) is 10.1 Å². The number of rotatable bonds is 4. The highest BCUT2D eigenvalue weighted by molar-refractivity contribution is 5.51. The lowest BCUT2D eigenvalue weighted by Gasteiger charge is -2.17. The van der Waals surface area contributed by atoms with Crippen molar-refractivity contribution in [3.63, 3.8) is 0 Å². The van der Waals surface area contributed by atoms with Crippen molar-refractivity contribution in [1.82, 2.24) is 0 Å². The number of aryl methyl sites for hydroxylation is 1. The van der Waals surface area contributed by atoms with Crippen LogP contribution in [0.5, 0.6) is 0 Å². The fraction of sp³-hybridized carbons (Fsp3) is 0.286. The molecule has 3 heteroatoms. The standard InChI is InChI=1S/C14H16FNO/c1-3-12(14-5-4-8-17-14)16-13-9-11(15)7-6-10(13)2/h4-9,12,16H,3H2,1-2H3. The van der Waals surface area contributed by atoms with Crippen molar-refractivity contribution in [2.75, 3.05) is 5.32 Å². The molecule has 1 N–H and O–H groups in total. The zero-order valence-electron chi connectivity index (χ0n) is 10.0. The predicted molar refractivity (Wildman–Crippen MR) is 66.5 cm³/mol. The lowest BCUT2D eigenvalue weighted by Crippen LogP contribution is -2.09. The molecule has 1 aromatic carbocycles. The van der Waals surface area contributed by atoms with E-state index < -0.39 is 0 Å². The van der Waals surface area contributed by atoms with Gasteiger partial charge in [0.2, 0.25) is 0 Å². The largest absolute Gasteiger partial charge is 0.467 e. The van der Waals surface area contributed by atoms with Crippen molar-refractivity contribution in [3.05, 3.63) is 53.7 Å². The summed E-state index contributed by atoms with van der Waals surface area (Å²) in [6, 6.07) is 8.61. The van der Waals surface area contributed by atoms with Crippen LogP contribution in [0.25, 0.3) is 0 Å². The number of halogens is 1. The molecule has 0 fully saturated rings. The molecule has 90 valence electrons. The Bertz CT molecular complexity index is 479. The molecule has 0 saturated carbocycles. The van der Waals surface area contributed by atoms with Crippen LogP contribution in [0, 0.1) is 12.7 Å². The third-order valence-corrected chi connectivity index (χ3v) is 2.82. The summed E-state index contributed by atoms with van der Waals surface area (Å²) in [5.74, 6) is 0.642. The van der Waals surface area contributed by atoms with Gasteiger partial charge in [0, 0.05) is 5.69 Å². The molecule has 1 heterocycles. The summed E-state index contributed by atoms with van der Waals surface area (Å²) in [6.07, 6.45) is 2.53. The zero-order valence-corrected chi connectivity index (χ0v) is 10.0. The monoisotopic (exact) mass is 233 g/mol. The summed E-state index contributed by atoms with van der Waals surface area (Å²) in [5.41, 5.74) is 1.84. The van der Waals surface area contributed by atoms with E-state index >= 15 is 0 Å². The van der Waals surface area contributed by atoms with Crippen LogP contribution >= 0.6 is 0 Å². The summed E-state index contributed by atoms with van der Waals surface area (Å²) in [5, 5.41) is 3.31. The van der Waals surface area contributed by atoms with Gasteiger partial charge in [0.15, 0.2) is 0 Å². The number of benzene rings is 1. The highest BCUT2D eigenvalue weighted by Gasteiger charge is 2.13. The average molecular weight is 233 g/mol. The van der Waals surface area contributed by atoms with Gasteiger partial charge in [-0.25, -0.2) is 4.39 Å². The summed E-state index contributed by atoms with van der Waals surface area (Å²) in [4.78, 5) is 0. The number of hydrogen-bond acceptors (Lipinski definition) is 2. The highest BCUT2D eigenvalue weighted by atomic mass is 19.1. The van der Waals surface area contributed by atoms with Crippen LogP contribution in [-0.2, 0) is 0 Å². The Balaban J connectivity index is 2.21. The van der Waals surface area contributed by atoms with Gasteiger partial charge in [-0.2, -0.15) is 0 Å². The molecule has 0 aliphatic heterocycles. The molecule has 17 heavy (non-hydrogen) atoms. The molecule has 0 bridgehead atoms. The molecule has 0 aliphatic rings. The van der Waals surface area contributed by atoms with Gasteiger partial charge in [0.1, 0.15) is 11.6 Å². The van der Waals surface area contributed by atoms with Crippen molar-refractivity contribution in [3.8, 4) is 0 Å². The predicted octanol–water partition coefficient (Wildman–Crippen LogP) is 4.29. The average Bonchev–Trinajstić information content (AvgIpc) is 2.84. The number of anilines is 1. The molecule has 0 radical (unpaired) electrons. The van der Waals surface area contributed by atoms with Gasteiger partial charge in [0.05, 0.1) is 12.3 Å². The van der Waals surface area contributed by atoms with E-state index in [2.05, 4.69) is 12.2 Å². The molecule has 1 aromatic heterocycles. The van der Waals surface area contributed by atoms with Crippen molar-refractivity contribution in [2.45, 2.75) is 26.3 Å². The van der Waals surface area contributed by atoms with Gasteiger partial charge in [-0.05, 0) is 43.2 Å². The minimum absolute atomic E-state index is 0.0745. The molecule has 1 atom stereocenters. The van der Waals surface area contributed by atoms with Crippen LogP contribution < -0.4 is 5.32 Å².